The largest absolute Gasteiger partial charge is 0.452 e. The Morgan fingerprint density at radius 3 is 2.63 bits per heavy atom. The third-order valence-electron chi connectivity index (χ3n) is 3.75. The summed E-state index contributed by atoms with van der Waals surface area (Å²) in [5, 5.41) is 7.88. The van der Waals surface area contributed by atoms with E-state index in [1.165, 1.54) is 18.2 Å². The first-order chi connectivity index (χ1) is 14.3. The Bertz CT molecular complexity index is 1210. The molecule has 0 aliphatic carbocycles. The molecule has 0 unspecified atom stereocenters. The van der Waals surface area contributed by atoms with Crippen molar-refractivity contribution in [2.45, 2.75) is 0 Å². The zero-order valence-corrected chi connectivity index (χ0v) is 17.3. The number of esters is 1. The van der Waals surface area contributed by atoms with Gasteiger partial charge in [0.25, 0.3) is 17.4 Å². The molecule has 9 nitrogen and oxygen atoms in total. The number of rotatable bonds is 6. The van der Waals surface area contributed by atoms with Crippen LogP contribution in [0.15, 0.2) is 46.7 Å². The fourth-order valence-electron chi connectivity index (χ4n) is 2.39. The van der Waals surface area contributed by atoms with Gasteiger partial charge in [0.15, 0.2) is 6.61 Å². The number of hydrogen-bond donors (Lipinski definition) is 2. The molecule has 0 fully saturated rings. The minimum Gasteiger partial charge on any atom is -0.452 e. The number of nitrogens with one attached hydrogen (secondary N) is 1. The molecular formula is C18H12Cl2N4O5S. The van der Waals surface area contributed by atoms with Crippen LogP contribution in [0.5, 0.6) is 0 Å². The Morgan fingerprint density at radius 1 is 1.17 bits per heavy atom. The van der Waals surface area contributed by atoms with Gasteiger partial charge in [-0.25, -0.2) is 4.79 Å². The molecule has 2 aromatic heterocycles. The van der Waals surface area contributed by atoms with Gasteiger partial charge in [-0.2, -0.15) is 9.78 Å². The van der Waals surface area contributed by atoms with Crippen LogP contribution in [0.3, 0.4) is 0 Å². The van der Waals surface area contributed by atoms with Crippen LogP contribution in [-0.2, 0) is 9.53 Å². The molecule has 3 aromatic rings. The Hall–Kier alpha value is -3.21. The van der Waals surface area contributed by atoms with Crippen LogP contribution >= 0.6 is 34.5 Å². The van der Waals surface area contributed by atoms with E-state index in [0.29, 0.717) is 0 Å². The van der Waals surface area contributed by atoms with Crippen LogP contribution in [0, 0.1) is 0 Å². The van der Waals surface area contributed by atoms with E-state index in [1.54, 1.807) is 17.5 Å². The molecule has 0 spiro atoms. The molecule has 2 heterocycles. The summed E-state index contributed by atoms with van der Waals surface area (Å²) >= 11 is 12.7. The highest BCUT2D eigenvalue weighted by Gasteiger charge is 2.19. The van der Waals surface area contributed by atoms with Gasteiger partial charge in [0.2, 0.25) is 0 Å². The number of benzene rings is 1. The number of nitrogens with zero attached hydrogens (tertiary/aromatic N) is 2. The van der Waals surface area contributed by atoms with Crippen molar-refractivity contribution in [3.05, 3.63) is 73.4 Å². The second-order valence-electron chi connectivity index (χ2n) is 5.69. The number of carbonyl (C=O) groups excluding carboxylic acids is 3. The second-order valence-corrected chi connectivity index (χ2v) is 7.39. The smallest absolute Gasteiger partial charge is 0.340 e. The SMILES string of the molecule is NC(=O)c1ccsc1NC(=O)COC(=O)c1ccccc1-n1ncc(Cl)c(Cl)c1=O. The molecule has 2 amide bonds. The number of amides is 2. The monoisotopic (exact) mass is 466 g/mol. The van der Waals surface area contributed by atoms with Crippen molar-refractivity contribution < 1.29 is 19.1 Å². The van der Waals surface area contributed by atoms with Crippen molar-refractivity contribution in [2.75, 3.05) is 11.9 Å². The first-order valence-corrected chi connectivity index (χ1v) is 9.80. The van der Waals surface area contributed by atoms with Gasteiger partial charge in [-0.3, -0.25) is 14.4 Å². The summed E-state index contributed by atoms with van der Waals surface area (Å²) in [7, 11) is 0. The van der Waals surface area contributed by atoms with E-state index in [1.807, 2.05) is 0 Å². The minimum absolute atomic E-state index is 0.0211. The molecule has 0 aliphatic heterocycles. The molecule has 3 N–H and O–H groups in total. The highest BCUT2D eigenvalue weighted by Crippen LogP contribution is 2.22. The number of ether oxygens (including phenoxy) is 1. The molecule has 30 heavy (non-hydrogen) atoms. The van der Waals surface area contributed by atoms with Crippen molar-refractivity contribution >= 4 is 57.3 Å². The number of thiophene rings is 1. The summed E-state index contributed by atoms with van der Waals surface area (Å²) in [6, 6.07) is 7.45. The van der Waals surface area contributed by atoms with Gasteiger partial charge in [-0.15, -0.1) is 11.3 Å². The Morgan fingerprint density at radius 2 is 1.90 bits per heavy atom. The Labute approximate surface area is 183 Å². The van der Waals surface area contributed by atoms with E-state index in [0.717, 1.165) is 22.2 Å². The van der Waals surface area contributed by atoms with E-state index in [9.17, 15) is 19.2 Å². The number of carbonyl (C=O) groups is 3. The third-order valence-corrected chi connectivity index (χ3v) is 5.32. The lowest BCUT2D eigenvalue weighted by Crippen LogP contribution is -2.25. The summed E-state index contributed by atoms with van der Waals surface area (Å²) in [4.78, 5) is 48.2. The van der Waals surface area contributed by atoms with Crippen LogP contribution in [0.2, 0.25) is 10.0 Å². The van der Waals surface area contributed by atoms with Crippen molar-refractivity contribution in [1.29, 1.82) is 0 Å². The molecule has 12 heteroatoms. The lowest BCUT2D eigenvalue weighted by Gasteiger charge is -2.11. The van der Waals surface area contributed by atoms with Crippen LogP contribution < -0.4 is 16.6 Å². The van der Waals surface area contributed by atoms with E-state index in [-0.39, 0.29) is 31.9 Å². The van der Waals surface area contributed by atoms with Crippen molar-refractivity contribution in [2.24, 2.45) is 5.73 Å². The molecule has 3 rings (SSSR count). The molecule has 0 saturated carbocycles. The number of para-hydroxylation sites is 1. The molecular weight excluding hydrogens is 455 g/mol. The fourth-order valence-corrected chi connectivity index (χ4v) is 3.45. The van der Waals surface area contributed by atoms with Gasteiger partial charge in [-0.05, 0) is 23.6 Å². The second kappa shape index (κ2) is 9.08. The zero-order valence-electron chi connectivity index (χ0n) is 14.9. The van der Waals surface area contributed by atoms with Crippen molar-refractivity contribution in [3.8, 4) is 5.69 Å². The van der Waals surface area contributed by atoms with Gasteiger partial charge in [0.1, 0.15) is 10.0 Å². The van der Waals surface area contributed by atoms with E-state index >= 15 is 0 Å². The molecule has 0 aliphatic rings. The molecule has 0 saturated heterocycles. The van der Waals surface area contributed by atoms with Crippen molar-refractivity contribution in [1.82, 2.24) is 9.78 Å². The van der Waals surface area contributed by atoms with E-state index in [2.05, 4.69) is 10.4 Å². The number of nitrogens with two attached hydrogens (primary N) is 1. The highest BCUT2D eigenvalue weighted by molar-refractivity contribution is 7.14. The first-order valence-electron chi connectivity index (χ1n) is 8.16. The molecule has 0 bridgehead atoms. The van der Waals surface area contributed by atoms with E-state index in [4.69, 9.17) is 33.7 Å². The molecule has 1 aromatic carbocycles. The highest BCUT2D eigenvalue weighted by atomic mass is 35.5. The summed E-state index contributed by atoms with van der Waals surface area (Å²) in [5.41, 5.74) is 4.72. The predicted molar refractivity (Wildman–Crippen MR) is 112 cm³/mol. The quantitative estimate of drug-likeness (QED) is 0.536. The number of halogens is 2. The average molecular weight is 467 g/mol. The maximum atomic E-state index is 12.5. The van der Waals surface area contributed by atoms with Gasteiger partial charge in [0.05, 0.1) is 28.0 Å². The standard InChI is InChI=1S/C18H12Cl2N4O5S/c19-11-7-22-24(17(27)14(11)20)12-4-2-1-3-9(12)18(28)29-8-13(25)23-16-10(15(21)26)5-6-30-16/h1-7H,8H2,(H2,21,26)(H,23,25). The van der Waals surface area contributed by atoms with Gasteiger partial charge in [-0.1, -0.05) is 35.3 Å². The van der Waals surface area contributed by atoms with Gasteiger partial charge < -0.3 is 15.8 Å². The van der Waals surface area contributed by atoms with Crippen molar-refractivity contribution in [3.63, 3.8) is 0 Å². The molecule has 154 valence electrons. The normalized spacial score (nSPS) is 10.5. The average Bonchev–Trinajstić information content (AvgIpc) is 3.19. The number of aromatic nitrogens is 2. The maximum Gasteiger partial charge on any atom is 0.340 e. The van der Waals surface area contributed by atoms with Gasteiger partial charge in [0, 0.05) is 0 Å². The van der Waals surface area contributed by atoms with Crippen LogP contribution in [-0.4, -0.2) is 34.2 Å². The minimum atomic E-state index is -0.873. The van der Waals surface area contributed by atoms with Crippen LogP contribution in [0.25, 0.3) is 5.69 Å². The first kappa shape index (κ1) is 21.5. The lowest BCUT2D eigenvalue weighted by molar-refractivity contribution is -0.119. The summed E-state index contributed by atoms with van der Waals surface area (Å²) < 4.78 is 5.93. The lowest BCUT2D eigenvalue weighted by atomic mass is 10.2. The Kier molecular flexibility index (Phi) is 6.50. The van der Waals surface area contributed by atoms with Gasteiger partial charge >= 0.3 is 5.97 Å². The summed E-state index contributed by atoms with van der Waals surface area (Å²) in [5.74, 6) is -2.24. The third kappa shape index (κ3) is 4.51. The summed E-state index contributed by atoms with van der Waals surface area (Å²) in [6.45, 7) is -0.632. The predicted octanol–water partition coefficient (Wildman–Crippen LogP) is 2.50. The maximum absolute atomic E-state index is 12.5. The number of primary amides is 1. The fraction of sp³-hybridized carbons (Fsp3) is 0.0556. The van der Waals surface area contributed by atoms with E-state index < -0.39 is 29.9 Å². The number of hydrogen-bond acceptors (Lipinski definition) is 7. The molecule has 0 radical (unpaired) electrons. The summed E-state index contributed by atoms with van der Waals surface area (Å²) in [6.07, 6.45) is 1.16. The Balaban J connectivity index is 1.76. The zero-order chi connectivity index (χ0) is 21.8. The molecule has 0 atom stereocenters. The number of anilines is 1. The van der Waals surface area contributed by atoms with Crippen LogP contribution in [0.1, 0.15) is 20.7 Å². The topological polar surface area (TPSA) is 133 Å². The van der Waals surface area contributed by atoms with Crippen LogP contribution in [0.4, 0.5) is 5.00 Å².